The Kier molecular flexibility index (Phi) is 5.94. The number of carbonyl (C=O) groups is 2. The van der Waals surface area contributed by atoms with E-state index in [0.717, 1.165) is 23.3 Å². The molecule has 1 aromatic heterocycles. The number of benzene rings is 2. The number of carbonyl (C=O) groups excluding carboxylic acids is 1. The van der Waals surface area contributed by atoms with Gasteiger partial charge in [-0.2, -0.15) is 0 Å². The van der Waals surface area contributed by atoms with Crippen LogP contribution in [0.5, 0.6) is 0 Å². The second-order valence-corrected chi connectivity index (χ2v) is 7.03. The van der Waals surface area contributed by atoms with E-state index < -0.39 is 12.6 Å². The van der Waals surface area contributed by atoms with Crippen molar-refractivity contribution in [3.05, 3.63) is 59.9 Å². The average Bonchev–Trinajstić information content (AvgIpc) is 3.24. The number of oxime groups is 1. The number of rotatable bonds is 9. The third-order valence-corrected chi connectivity index (χ3v) is 5.00. The summed E-state index contributed by atoms with van der Waals surface area (Å²) in [6.45, 7) is 0.953. The van der Waals surface area contributed by atoms with Crippen molar-refractivity contribution in [1.82, 2.24) is 9.55 Å². The maximum absolute atomic E-state index is 13.1. The van der Waals surface area contributed by atoms with Crippen LogP contribution in [0.3, 0.4) is 0 Å². The Morgan fingerprint density at radius 1 is 1.16 bits per heavy atom. The number of carboxylic acid groups (broad SMARTS) is 1. The number of carboxylic acids is 1. The minimum Gasteiger partial charge on any atom is -0.479 e. The van der Waals surface area contributed by atoms with E-state index in [0.29, 0.717) is 24.4 Å². The highest BCUT2D eigenvalue weighted by molar-refractivity contribution is 6.54. The molecule has 1 aliphatic rings. The van der Waals surface area contributed by atoms with Gasteiger partial charge in [-0.25, -0.2) is 9.78 Å². The zero-order valence-electron chi connectivity index (χ0n) is 17.0. The van der Waals surface area contributed by atoms with Gasteiger partial charge in [0.25, 0.3) is 5.91 Å². The Hall–Kier alpha value is -3.72. The lowest BCUT2D eigenvalue weighted by atomic mass is 10.1. The Labute approximate surface area is 178 Å². The second-order valence-electron chi connectivity index (χ2n) is 7.03. The molecule has 0 radical (unpaired) electrons. The molecule has 31 heavy (non-hydrogen) atoms. The Bertz CT molecular complexity index is 1150. The Balaban J connectivity index is 1.67. The molecule has 0 fully saturated rings. The highest BCUT2D eigenvalue weighted by atomic mass is 16.6. The van der Waals surface area contributed by atoms with E-state index in [1.165, 1.54) is 0 Å². The van der Waals surface area contributed by atoms with Gasteiger partial charge in [0, 0.05) is 25.8 Å². The van der Waals surface area contributed by atoms with E-state index in [9.17, 15) is 9.59 Å². The molecule has 1 aliphatic heterocycles. The van der Waals surface area contributed by atoms with Gasteiger partial charge in [-0.3, -0.25) is 9.69 Å². The maximum atomic E-state index is 13.1. The topological polar surface area (TPSA) is 106 Å². The molecule has 9 heteroatoms. The minimum absolute atomic E-state index is 0.0823. The number of aliphatic carboxylic acids is 1. The van der Waals surface area contributed by atoms with Crippen molar-refractivity contribution in [2.24, 2.45) is 5.16 Å². The summed E-state index contributed by atoms with van der Waals surface area (Å²) < 4.78 is 7.29. The molecule has 0 spiro atoms. The highest BCUT2D eigenvalue weighted by Gasteiger charge is 2.35. The molecule has 0 unspecified atom stereocenters. The molecule has 0 aliphatic carbocycles. The summed E-state index contributed by atoms with van der Waals surface area (Å²) in [5.74, 6) is -0.778. The largest absolute Gasteiger partial charge is 0.479 e. The number of hydrogen-bond donors (Lipinski definition) is 1. The van der Waals surface area contributed by atoms with Crippen LogP contribution in [0.25, 0.3) is 11.0 Å². The molecule has 0 saturated heterocycles. The molecule has 1 amide bonds. The summed E-state index contributed by atoms with van der Waals surface area (Å²) in [5, 5.41) is 12.6. The molecule has 1 N–H and O–H groups in total. The van der Waals surface area contributed by atoms with Crippen LogP contribution in [-0.4, -0.2) is 52.6 Å². The fourth-order valence-corrected chi connectivity index (χ4v) is 3.66. The molecule has 160 valence electrons. The third kappa shape index (κ3) is 4.13. The van der Waals surface area contributed by atoms with Crippen LogP contribution in [0.15, 0.2) is 53.7 Å². The predicted octanol–water partition coefficient (Wildman–Crippen LogP) is 2.42. The molecule has 2 heterocycles. The van der Waals surface area contributed by atoms with Crippen molar-refractivity contribution < 1.29 is 24.3 Å². The molecule has 0 saturated carbocycles. The summed E-state index contributed by atoms with van der Waals surface area (Å²) in [4.78, 5) is 35.1. The number of nitrogens with zero attached hydrogens (tertiary/aromatic N) is 4. The number of methoxy groups -OCH3 is 1. The lowest BCUT2D eigenvalue weighted by Crippen LogP contribution is -2.31. The molecular weight excluding hydrogens is 400 g/mol. The fraction of sp³-hybridized carbons (Fsp3) is 0.273. The first kappa shape index (κ1) is 20.5. The van der Waals surface area contributed by atoms with E-state index in [4.69, 9.17) is 19.7 Å². The lowest BCUT2D eigenvalue weighted by Gasteiger charge is -2.17. The number of anilines is 1. The third-order valence-electron chi connectivity index (χ3n) is 5.00. The van der Waals surface area contributed by atoms with Gasteiger partial charge in [-0.05, 0) is 24.6 Å². The van der Waals surface area contributed by atoms with Crippen molar-refractivity contribution in [3.63, 3.8) is 0 Å². The van der Waals surface area contributed by atoms with E-state index in [1.807, 2.05) is 36.4 Å². The standard InChI is InChI=1S/C22H22N4O5/c1-30-12-6-11-25-18-10-5-3-8-16(18)23-19(25)13-26-17-9-4-2-7-15(17)21(22(26)29)24-31-14-20(27)28/h2-5,7-10H,6,11-14H2,1H3,(H,27,28)/b24-21+. The van der Waals surface area contributed by atoms with E-state index in [1.54, 1.807) is 24.1 Å². The average molecular weight is 422 g/mol. The molecule has 4 rings (SSSR count). The molecular formula is C22H22N4O5. The monoisotopic (exact) mass is 422 g/mol. The summed E-state index contributed by atoms with van der Waals surface area (Å²) in [6, 6.07) is 15.1. The van der Waals surface area contributed by atoms with Crippen molar-refractivity contribution in [2.75, 3.05) is 25.2 Å². The zero-order valence-corrected chi connectivity index (χ0v) is 17.0. The van der Waals surface area contributed by atoms with Crippen molar-refractivity contribution >= 4 is 34.3 Å². The number of aryl methyl sites for hydroxylation is 1. The summed E-state index contributed by atoms with van der Waals surface area (Å²) in [5.41, 5.74) is 3.21. The van der Waals surface area contributed by atoms with Crippen LogP contribution < -0.4 is 4.90 Å². The van der Waals surface area contributed by atoms with E-state index in [2.05, 4.69) is 9.72 Å². The van der Waals surface area contributed by atoms with E-state index >= 15 is 0 Å². The first-order valence-electron chi connectivity index (χ1n) is 9.86. The van der Waals surface area contributed by atoms with Crippen molar-refractivity contribution in [2.45, 2.75) is 19.5 Å². The van der Waals surface area contributed by atoms with E-state index in [-0.39, 0.29) is 18.2 Å². The van der Waals surface area contributed by atoms with Crippen LogP contribution in [0.2, 0.25) is 0 Å². The number of aromatic nitrogens is 2. The molecule has 0 bridgehead atoms. The maximum Gasteiger partial charge on any atom is 0.344 e. The summed E-state index contributed by atoms with van der Waals surface area (Å²) >= 11 is 0. The van der Waals surface area contributed by atoms with Crippen LogP contribution in [0.1, 0.15) is 17.8 Å². The summed E-state index contributed by atoms with van der Waals surface area (Å²) in [6.07, 6.45) is 0.810. The molecule has 0 atom stereocenters. The number of hydrogen-bond acceptors (Lipinski definition) is 6. The first-order chi connectivity index (χ1) is 15.1. The lowest BCUT2D eigenvalue weighted by molar-refractivity contribution is -0.142. The number of fused-ring (bicyclic) bond motifs is 2. The Morgan fingerprint density at radius 2 is 1.94 bits per heavy atom. The molecule has 3 aromatic rings. The van der Waals surface area contributed by atoms with Gasteiger partial charge >= 0.3 is 5.97 Å². The number of ether oxygens (including phenoxy) is 1. The van der Waals surface area contributed by atoms with Crippen LogP contribution in [0.4, 0.5) is 5.69 Å². The minimum atomic E-state index is -1.16. The highest BCUT2D eigenvalue weighted by Crippen LogP contribution is 2.31. The quantitative estimate of drug-likeness (QED) is 0.419. The van der Waals surface area contributed by atoms with Gasteiger partial charge in [-0.15, -0.1) is 0 Å². The van der Waals surface area contributed by atoms with Crippen molar-refractivity contribution in [1.29, 1.82) is 0 Å². The first-order valence-corrected chi connectivity index (χ1v) is 9.86. The van der Waals surface area contributed by atoms with Gasteiger partial charge in [0.05, 0.1) is 23.3 Å². The van der Waals surface area contributed by atoms with Gasteiger partial charge in [0.15, 0.2) is 5.71 Å². The molecule has 2 aromatic carbocycles. The summed E-state index contributed by atoms with van der Waals surface area (Å²) in [7, 11) is 1.67. The smallest absolute Gasteiger partial charge is 0.344 e. The van der Waals surface area contributed by atoms with Gasteiger partial charge in [0.2, 0.25) is 6.61 Å². The van der Waals surface area contributed by atoms with Gasteiger partial charge in [-0.1, -0.05) is 35.5 Å². The number of imidazole rings is 1. The normalized spacial score (nSPS) is 14.4. The van der Waals surface area contributed by atoms with Gasteiger partial charge in [0.1, 0.15) is 5.82 Å². The second kappa shape index (κ2) is 8.97. The SMILES string of the molecule is COCCCn1c(CN2C(=O)/C(=N/OCC(=O)O)c3ccccc32)nc2ccccc21. The zero-order chi connectivity index (χ0) is 21.8. The predicted molar refractivity (Wildman–Crippen MR) is 114 cm³/mol. The van der Waals surface area contributed by atoms with Crippen LogP contribution >= 0.6 is 0 Å². The van der Waals surface area contributed by atoms with Crippen LogP contribution in [-0.2, 0) is 32.3 Å². The van der Waals surface area contributed by atoms with Crippen molar-refractivity contribution in [3.8, 4) is 0 Å². The fourth-order valence-electron chi connectivity index (χ4n) is 3.66. The molecule has 9 nitrogen and oxygen atoms in total. The van der Waals surface area contributed by atoms with Crippen LogP contribution in [0, 0.1) is 0 Å². The van der Waals surface area contributed by atoms with Gasteiger partial charge < -0.3 is 19.2 Å². The number of amides is 1. The Morgan fingerprint density at radius 3 is 2.74 bits per heavy atom. The number of para-hydroxylation sites is 3.